The highest BCUT2D eigenvalue weighted by atomic mass is 28.4. The molecule has 0 spiro atoms. The SMILES string of the molecule is C[Si](C)(C)OCOC1=Cc2ccccc2C1C[Si]CC1C(OCO[Si](C)(C)C)=Cc2ccccc21. The molecule has 2 atom stereocenters. The Morgan fingerprint density at radius 3 is 1.43 bits per heavy atom. The van der Waals surface area contributed by atoms with Gasteiger partial charge in [-0.3, -0.25) is 0 Å². The van der Waals surface area contributed by atoms with Crippen LogP contribution in [0, 0.1) is 0 Å². The Balaban J connectivity index is 1.41. The van der Waals surface area contributed by atoms with Gasteiger partial charge in [-0.1, -0.05) is 48.5 Å². The first-order valence-corrected chi connectivity index (χ1v) is 20.7. The number of benzene rings is 2. The summed E-state index contributed by atoms with van der Waals surface area (Å²) in [6.07, 6.45) is 4.40. The molecule has 0 amide bonds. The molecule has 2 aliphatic carbocycles. The Morgan fingerprint density at radius 2 is 1.03 bits per heavy atom. The van der Waals surface area contributed by atoms with Crippen LogP contribution in [-0.4, -0.2) is 39.7 Å². The second-order valence-corrected chi connectivity index (χ2v) is 21.5. The number of ether oxygens (including phenoxy) is 2. The topological polar surface area (TPSA) is 36.9 Å². The van der Waals surface area contributed by atoms with E-state index in [9.17, 15) is 0 Å². The zero-order valence-corrected chi connectivity index (χ0v) is 24.9. The molecule has 2 radical (unpaired) electrons. The summed E-state index contributed by atoms with van der Waals surface area (Å²) in [5, 5.41) is 0. The molecule has 0 bridgehead atoms. The summed E-state index contributed by atoms with van der Waals surface area (Å²) in [5.74, 6) is 2.66. The number of fused-ring (bicyclic) bond motifs is 2. The standard InChI is InChI=1S/C28H38O4Si3/c1-34(2,3)31-19-29-27-15-21-11-7-9-13-23(21)25(27)17-33-18-26-24-14-10-8-12-22(24)16-28(26)30-20-32-35(4,5)6/h7-16,25-26H,17-20H2,1-6H3. The maximum atomic E-state index is 6.19. The van der Waals surface area contributed by atoms with E-state index in [2.05, 4.69) is 100.0 Å². The summed E-state index contributed by atoms with van der Waals surface area (Å²) in [6.45, 7) is 13.8. The van der Waals surface area contributed by atoms with Crippen LogP contribution in [0.2, 0.25) is 51.4 Å². The van der Waals surface area contributed by atoms with Crippen LogP contribution in [0.1, 0.15) is 34.1 Å². The average molecular weight is 523 g/mol. The Morgan fingerprint density at radius 1 is 0.629 bits per heavy atom. The molecule has 0 heterocycles. The fraction of sp³-hybridized carbons (Fsp3) is 0.429. The second kappa shape index (κ2) is 11.0. The van der Waals surface area contributed by atoms with Crippen LogP contribution < -0.4 is 0 Å². The largest absolute Gasteiger partial charge is 0.472 e. The van der Waals surface area contributed by atoms with Crippen molar-refractivity contribution in [3.63, 3.8) is 0 Å². The Bertz CT molecular complexity index is 997. The lowest BCUT2D eigenvalue weighted by molar-refractivity contribution is 0.0511. The van der Waals surface area contributed by atoms with Crippen molar-refractivity contribution in [1.29, 1.82) is 0 Å². The molecule has 4 rings (SSSR count). The van der Waals surface area contributed by atoms with E-state index in [0.29, 0.717) is 13.6 Å². The average Bonchev–Trinajstić information content (AvgIpc) is 3.30. The van der Waals surface area contributed by atoms with Gasteiger partial charge in [-0.2, -0.15) is 0 Å². The van der Waals surface area contributed by atoms with E-state index >= 15 is 0 Å². The fourth-order valence-electron chi connectivity index (χ4n) is 4.36. The number of rotatable bonds is 12. The van der Waals surface area contributed by atoms with Crippen molar-refractivity contribution in [3.8, 4) is 0 Å². The molecule has 0 aliphatic heterocycles. The summed E-state index contributed by atoms with van der Waals surface area (Å²) in [7, 11) is -2.46. The first-order chi connectivity index (χ1) is 16.6. The van der Waals surface area contributed by atoms with Crippen molar-refractivity contribution in [2.24, 2.45) is 0 Å². The van der Waals surface area contributed by atoms with Crippen LogP contribution in [0.3, 0.4) is 0 Å². The molecule has 4 nitrogen and oxygen atoms in total. The van der Waals surface area contributed by atoms with Crippen LogP contribution in [0.4, 0.5) is 0 Å². The lowest BCUT2D eigenvalue weighted by Gasteiger charge is -2.23. The molecule has 2 aromatic rings. The van der Waals surface area contributed by atoms with Gasteiger partial charge in [0, 0.05) is 21.4 Å². The Hall–Kier alpha value is -1.91. The molecule has 2 aromatic carbocycles. The van der Waals surface area contributed by atoms with Crippen molar-refractivity contribution in [1.82, 2.24) is 0 Å². The van der Waals surface area contributed by atoms with Gasteiger partial charge in [-0.15, -0.1) is 0 Å². The van der Waals surface area contributed by atoms with Gasteiger partial charge < -0.3 is 18.3 Å². The van der Waals surface area contributed by atoms with Crippen LogP contribution in [-0.2, 0) is 18.3 Å². The summed E-state index contributed by atoms with van der Waals surface area (Å²) in [6, 6.07) is 19.4. The summed E-state index contributed by atoms with van der Waals surface area (Å²) in [4.78, 5) is 0. The zero-order valence-electron chi connectivity index (χ0n) is 21.9. The molecule has 0 N–H and O–H groups in total. The number of hydrogen-bond acceptors (Lipinski definition) is 4. The third kappa shape index (κ3) is 7.07. The molecule has 0 fully saturated rings. The minimum atomic E-state index is -1.62. The van der Waals surface area contributed by atoms with E-state index in [1.165, 1.54) is 22.3 Å². The zero-order chi connectivity index (χ0) is 25.1. The van der Waals surface area contributed by atoms with E-state index in [0.717, 1.165) is 33.1 Å². The van der Waals surface area contributed by atoms with Crippen LogP contribution in [0.25, 0.3) is 12.2 Å². The molecule has 2 aliphatic rings. The monoisotopic (exact) mass is 522 g/mol. The van der Waals surface area contributed by atoms with E-state index in [1.807, 2.05) is 0 Å². The molecular weight excluding hydrogens is 485 g/mol. The first kappa shape index (κ1) is 26.2. The highest BCUT2D eigenvalue weighted by Gasteiger charge is 2.30. The molecule has 7 heteroatoms. The minimum Gasteiger partial charge on any atom is -0.472 e. The van der Waals surface area contributed by atoms with Crippen LogP contribution in [0.15, 0.2) is 60.0 Å². The predicted octanol–water partition coefficient (Wildman–Crippen LogP) is 7.46. The van der Waals surface area contributed by atoms with E-state index < -0.39 is 16.6 Å². The molecule has 186 valence electrons. The van der Waals surface area contributed by atoms with Gasteiger partial charge in [0.2, 0.25) is 0 Å². The van der Waals surface area contributed by atoms with Crippen molar-refractivity contribution in [2.45, 2.75) is 63.2 Å². The quantitative estimate of drug-likeness (QED) is 0.214. The third-order valence-corrected chi connectivity index (χ3v) is 9.52. The smallest absolute Gasteiger partial charge is 0.188 e. The Labute approximate surface area is 215 Å². The van der Waals surface area contributed by atoms with Gasteiger partial charge in [-0.25, -0.2) is 0 Å². The van der Waals surface area contributed by atoms with Gasteiger partial charge in [0.05, 0.1) is 0 Å². The third-order valence-electron chi connectivity index (χ3n) is 6.16. The molecule has 0 saturated heterocycles. The van der Waals surface area contributed by atoms with E-state index in [-0.39, 0.29) is 11.8 Å². The molecule has 35 heavy (non-hydrogen) atoms. The predicted molar refractivity (Wildman–Crippen MR) is 150 cm³/mol. The second-order valence-electron chi connectivity index (χ2n) is 11.2. The maximum absolute atomic E-state index is 6.19. The van der Waals surface area contributed by atoms with Gasteiger partial charge >= 0.3 is 0 Å². The Kier molecular flexibility index (Phi) is 8.23. The highest BCUT2D eigenvalue weighted by Crippen LogP contribution is 2.42. The lowest BCUT2D eigenvalue weighted by Crippen LogP contribution is -2.27. The molecule has 0 saturated carbocycles. The fourth-order valence-corrected chi connectivity index (χ4v) is 6.77. The summed E-state index contributed by atoms with van der Waals surface area (Å²) in [5.41, 5.74) is 5.27. The van der Waals surface area contributed by atoms with Crippen LogP contribution >= 0.6 is 0 Å². The number of allylic oxidation sites excluding steroid dienone is 2. The van der Waals surface area contributed by atoms with E-state index in [4.69, 9.17) is 18.3 Å². The lowest BCUT2D eigenvalue weighted by atomic mass is 10.0. The summed E-state index contributed by atoms with van der Waals surface area (Å²) >= 11 is 0. The van der Waals surface area contributed by atoms with Gasteiger partial charge in [-0.05, 0) is 85.8 Å². The van der Waals surface area contributed by atoms with Gasteiger partial charge in [0.15, 0.2) is 30.2 Å². The molecule has 2 unspecified atom stereocenters. The minimum absolute atomic E-state index is 0.287. The van der Waals surface area contributed by atoms with Gasteiger partial charge in [0.1, 0.15) is 11.5 Å². The van der Waals surface area contributed by atoms with E-state index in [1.54, 1.807) is 0 Å². The summed E-state index contributed by atoms with van der Waals surface area (Å²) < 4.78 is 24.3. The number of hydrogen-bond donors (Lipinski definition) is 0. The molecule has 0 aromatic heterocycles. The maximum Gasteiger partial charge on any atom is 0.188 e. The van der Waals surface area contributed by atoms with Crippen molar-refractivity contribution in [3.05, 3.63) is 82.3 Å². The van der Waals surface area contributed by atoms with Crippen molar-refractivity contribution in [2.75, 3.05) is 13.6 Å². The molecular formula is C28H38O4Si3. The first-order valence-electron chi connectivity index (χ1n) is 12.5. The van der Waals surface area contributed by atoms with Crippen LogP contribution in [0.5, 0.6) is 0 Å². The normalized spacial score (nSPS) is 19.1. The van der Waals surface area contributed by atoms with Crippen molar-refractivity contribution < 1.29 is 18.3 Å². The van der Waals surface area contributed by atoms with Gasteiger partial charge in [0.25, 0.3) is 0 Å². The highest BCUT2D eigenvalue weighted by molar-refractivity contribution is 6.70. The van der Waals surface area contributed by atoms with Crippen molar-refractivity contribution >= 4 is 38.3 Å².